The van der Waals surface area contributed by atoms with Crippen molar-refractivity contribution in [1.82, 2.24) is 0 Å². The predicted octanol–water partition coefficient (Wildman–Crippen LogP) is 3.04. The lowest BCUT2D eigenvalue weighted by Crippen LogP contribution is -2.25. The van der Waals surface area contributed by atoms with Crippen LogP contribution in [0.3, 0.4) is 0 Å². The normalized spacial score (nSPS) is 19.9. The molecule has 0 aromatic heterocycles. The van der Waals surface area contributed by atoms with E-state index in [4.69, 9.17) is 0 Å². The predicted molar refractivity (Wildman–Crippen MR) is 75.2 cm³/mol. The first-order valence-electron chi connectivity index (χ1n) is 6.37. The summed E-state index contributed by atoms with van der Waals surface area (Å²) in [5, 5.41) is 0. The molecule has 5 heteroatoms. The molecule has 1 aliphatic rings. The van der Waals surface area contributed by atoms with Gasteiger partial charge in [0.25, 0.3) is 10.1 Å². The van der Waals surface area contributed by atoms with Gasteiger partial charge >= 0.3 is 0 Å². The van der Waals surface area contributed by atoms with E-state index in [0.717, 1.165) is 24.8 Å². The van der Waals surface area contributed by atoms with Crippen LogP contribution >= 0.6 is 0 Å². The standard InChI is InChI=1S/C14H20O4S/c1-4-5-6-7-12(15)14-11(3)10(2)8-9-13(14)19(16,17)18/h8-9,14H,3-7H2,1-2H3,(H,16,17,18). The fourth-order valence-corrected chi connectivity index (χ4v) is 2.90. The molecule has 1 N–H and O–H groups in total. The second kappa shape index (κ2) is 6.30. The molecule has 0 amide bonds. The Hall–Kier alpha value is -1.20. The van der Waals surface area contributed by atoms with Crippen LogP contribution < -0.4 is 0 Å². The summed E-state index contributed by atoms with van der Waals surface area (Å²) in [6.45, 7) is 7.58. The number of hydrogen-bond acceptors (Lipinski definition) is 3. The highest BCUT2D eigenvalue weighted by Crippen LogP contribution is 2.34. The third-order valence-electron chi connectivity index (χ3n) is 3.28. The van der Waals surface area contributed by atoms with E-state index in [1.165, 1.54) is 6.08 Å². The summed E-state index contributed by atoms with van der Waals surface area (Å²) in [6.07, 6.45) is 5.78. The van der Waals surface area contributed by atoms with Gasteiger partial charge in [-0.25, -0.2) is 0 Å². The number of allylic oxidation sites excluding steroid dienone is 5. The molecule has 0 saturated carbocycles. The van der Waals surface area contributed by atoms with Crippen molar-refractivity contribution in [3.63, 3.8) is 0 Å². The van der Waals surface area contributed by atoms with Crippen molar-refractivity contribution in [1.29, 1.82) is 0 Å². The van der Waals surface area contributed by atoms with Gasteiger partial charge in [-0.15, -0.1) is 0 Å². The van der Waals surface area contributed by atoms with Gasteiger partial charge in [0.15, 0.2) is 0 Å². The number of ketones is 1. The van der Waals surface area contributed by atoms with Gasteiger partial charge in [-0.2, -0.15) is 8.42 Å². The van der Waals surface area contributed by atoms with Gasteiger partial charge in [-0.3, -0.25) is 9.35 Å². The number of hydrogen-bond donors (Lipinski definition) is 1. The Morgan fingerprint density at radius 3 is 2.53 bits per heavy atom. The number of carbonyl (C=O) groups excluding carboxylic acids is 1. The minimum Gasteiger partial charge on any atom is -0.299 e. The smallest absolute Gasteiger partial charge is 0.291 e. The minimum atomic E-state index is -4.37. The number of unbranched alkanes of at least 4 members (excludes halogenated alkanes) is 2. The van der Waals surface area contributed by atoms with E-state index in [-0.39, 0.29) is 10.7 Å². The summed E-state index contributed by atoms with van der Waals surface area (Å²) in [6, 6.07) is 0. The van der Waals surface area contributed by atoms with Gasteiger partial charge in [-0.1, -0.05) is 32.4 Å². The van der Waals surface area contributed by atoms with E-state index in [1.54, 1.807) is 13.0 Å². The summed E-state index contributed by atoms with van der Waals surface area (Å²) < 4.78 is 31.9. The third-order valence-corrected chi connectivity index (χ3v) is 4.25. The average Bonchev–Trinajstić information content (AvgIpc) is 2.31. The van der Waals surface area contributed by atoms with Crippen molar-refractivity contribution in [3.05, 3.63) is 34.8 Å². The first-order chi connectivity index (χ1) is 8.79. The van der Waals surface area contributed by atoms with Crippen LogP contribution in [0, 0.1) is 5.92 Å². The van der Waals surface area contributed by atoms with E-state index in [1.807, 2.05) is 6.92 Å². The molecule has 106 valence electrons. The molecular weight excluding hydrogens is 264 g/mol. The lowest BCUT2D eigenvalue weighted by Gasteiger charge is -2.23. The molecule has 0 radical (unpaired) electrons. The van der Waals surface area contributed by atoms with E-state index >= 15 is 0 Å². The fourth-order valence-electron chi connectivity index (χ4n) is 2.09. The van der Waals surface area contributed by atoms with E-state index in [0.29, 0.717) is 12.0 Å². The van der Waals surface area contributed by atoms with Gasteiger partial charge in [-0.05, 0) is 30.6 Å². The molecule has 1 aliphatic carbocycles. The Labute approximate surface area is 114 Å². The van der Waals surface area contributed by atoms with Crippen molar-refractivity contribution in [2.24, 2.45) is 5.92 Å². The Balaban J connectivity index is 3.01. The summed E-state index contributed by atoms with van der Waals surface area (Å²) in [5.74, 6) is -1.13. The number of rotatable bonds is 6. The van der Waals surface area contributed by atoms with Crippen molar-refractivity contribution >= 4 is 15.9 Å². The van der Waals surface area contributed by atoms with Gasteiger partial charge < -0.3 is 0 Å². The summed E-state index contributed by atoms with van der Waals surface area (Å²) in [4.78, 5) is 11.9. The fraction of sp³-hybridized carbons (Fsp3) is 0.500. The largest absolute Gasteiger partial charge is 0.299 e. The zero-order valence-corrected chi connectivity index (χ0v) is 12.2. The molecule has 1 atom stereocenters. The topological polar surface area (TPSA) is 71.4 Å². The van der Waals surface area contributed by atoms with E-state index < -0.39 is 16.0 Å². The maximum atomic E-state index is 12.2. The molecule has 19 heavy (non-hydrogen) atoms. The number of carbonyl (C=O) groups is 1. The molecule has 0 aliphatic heterocycles. The van der Waals surface area contributed by atoms with Crippen molar-refractivity contribution in [2.45, 2.75) is 39.5 Å². The maximum Gasteiger partial charge on any atom is 0.291 e. The highest BCUT2D eigenvalue weighted by molar-refractivity contribution is 7.89. The van der Waals surface area contributed by atoms with Gasteiger partial charge in [0.2, 0.25) is 0 Å². The first kappa shape index (κ1) is 15.9. The molecule has 0 bridgehead atoms. The zero-order chi connectivity index (χ0) is 14.6. The molecule has 0 heterocycles. The van der Waals surface area contributed by atoms with Crippen molar-refractivity contribution in [3.8, 4) is 0 Å². The van der Waals surface area contributed by atoms with Gasteiger partial charge in [0, 0.05) is 6.42 Å². The van der Waals surface area contributed by atoms with Crippen LogP contribution in [0.25, 0.3) is 0 Å². The van der Waals surface area contributed by atoms with Gasteiger partial charge in [0.05, 0.1) is 10.8 Å². The SMILES string of the molecule is C=C1C(C)=CC=C(S(=O)(=O)O)C1C(=O)CCCCC. The zero-order valence-electron chi connectivity index (χ0n) is 11.3. The molecule has 0 saturated heterocycles. The van der Waals surface area contributed by atoms with Crippen LogP contribution in [0.5, 0.6) is 0 Å². The van der Waals surface area contributed by atoms with Crippen molar-refractivity contribution < 1.29 is 17.8 Å². The molecule has 1 unspecified atom stereocenters. The lowest BCUT2D eigenvalue weighted by atomic mass is 9.85. The number of Topliss-reactive ketones (excluding diaryl/α,β-unsaturated/α-hetero) is 1. The second-order valence-corrected chi connectivity index (χ2v) is 6.20. The van der Waals surface area contributed by atoms with Crippen LogP contribution in [0.1, 0.15) is 39.5 Å². The Morgan fingerprint density at radius 2 is 2.00 bits per heavy atom. The molecule has 0 fully saturated rings. The quantitative estimate of drug-likeness (QED) is 0.601. The maximum absolute atomic E-state index is 12.2. The molecule has 0 aromatic rings. The molecule has 0 aromatic carbocycles. The van der Waals surface area contributed by atoms with Crippen LogP contribution in [0.4, 0.5) is 0 Å². The summed E-state index contributed by atoms with van der Waals surface area (Å²) >= 11 is 0. The highest BCUT2D eigenvalue weighted by Gasteiger charge is 2.34. The lowest BCUT2D eigenvalue weighted by molar-refractivity contribution is -0.120. The molecule has 1 rings (SSSR count). The van der Waals surface area contributed by atoms with Crippen LogP contribution in [-0.2, 0) is 14.9 Å². The van der Waals surface area contributed by atoms with Crippen LogP contribution in [-0.4, -0.2) is 18.8 Å². The summed E-state index contributed by atoms with van der Waals surface area (Å²) in [5.41, 5.74) is 1.22. The Morgan fingerprint density at radius 1 is 1.37 bits per heavy atom. The van der Waals surface area contributed by atoms with E-state index in [2.05, 4.69) is 6.58 Å². The highest BCUT2D eigenvalue weighted by atomic mass is 32.2. The van der Waals surface area contributed by atoms with Crippen LogP contribution in [0.15, 0.2) is 34.8 Å². The molecule has 0 spiro atoms. The molecule has 4 nitrogen and oxygen atoms in total. The van der Waals surface area contributed by atoms with Crippen molar-refractivity contribution in [2.75, 3.05) is 0 Å². The van der Waals surface area contributed by atoms with E-state index in [9.17, 15) is 17.8 Å². The first-order valence-corrected chi connectivity index (χ1v) is 7.81. The summed E-state index contributed by atoms with van der Waals surface area (Å²) in [7, 11) is -4.37. The molecular formula is C14H20O4S. The minimum absolute atomic E-state index is 0.199. The van der Waals surface area contributed by atoms with Gasteiger partial charge in [0.1, 0.15) is 5.78 Å². The second-order valence-electron chi connectivity index (χ2n) is 4.78. The average molecular weight is 284 g/mol. The third kappa shape index (κ3) is 3.88. The Bertz CT molecular complexity index is 538. The Kier molecular flexibility index (Phi) is 5.26. The van der Waals surface area contributed by atoms with Crippen LogP contribution in [0.2, 0.25) is 0 Å². The monoisotopic (exact) mass is 284 g/mol.